The highest BCUT2D eigenvalue weighted by molar-refractivity contribution is 5.98. The van der Waals surface area contributed by atoms with E-state index in [1.807, 2.05) is 23.1 Å². The maximum absolute atomic E-state index is 12.9. The lowest BCUT2D eigenvalue weighted by Crippen LogP contribution is -2.47. The first kappa shape index (κ1) is 15.7. The Balaban J connectivity index is 1.83. The van der Waals surface area contributed by atoms with Crippen LogP contribution in [-0.2, 0) is 16.0 Å². The fourth-order valence-electron chi connectivity index (χ4n) is 4.28. The van der Waals surface area contributed by atoms with Gasteiger partial charge in [0, 0.05) is 29.1 Å². The first-order chi connectivity index (χ1) is 12.2. The smallest absolute Gasteiger partial charge is 0.254 e. The number of aldehydes is 1. The van der Waals surface area contributed by atoms with Crippen LogP contribution in [0.1, 0.15) is 30.6 Å². The first-order valence-corrected chi connectivity index (χ1v) is 8.55. The fraction of sp³-hybridized carbons (Fsp3) is 0.300. The summed E-state index contributed by atoms with van der Waals surface area (Å²) in [5.74, 6) is -0.562. The molecular formula is C20H20N2O3. The van der Waals surface area contributed by atoms with Crippen LogP contribution in [0.5, 0.6) is 0 Å². The Kier molecular flexibility index (Phi) is 3.71. The van der Waals surface area contributed by atoms with Crippen molar-refractivity contribution in [2.75, 3.05) is 6.54 Å². The normalized spacial score (nSPS) is 25.2. The van der Waals surface area contributed by atoms with Crippen molar-refractivity contribution in [1.82, 2.24) is 9.88 Å². The van der Waals surface area contributed by atoms with Gasteiger partial charge in [-0.25, -0.2) is 0 Å². The lowest BCUT2D eigenvalue weighted by molar-refractivity contribution is -0.133. The molecule has 128 valence electrons. The van der Waals surface area contributed by atoms with Crippen LogP contribution in [0.3, 0.4) is 0 Å². The maximum atomic E-state index is 12.9. The minimum absolute atomic E-state index is 0.104. The molecule has 1 amide bonds. The molecule has 2 aromatic rings. The summed E-state index contributed by atoms with van der Waals surface area (Å²) in [6, 6.07) is 8.06. The molecule has 3 heterocycles. The number of fused-ring (bicyclic) bond motifs is 5. The highest BCUT2D eigenvalue weighted by Gasteiger charge is 2.43. The molecule has 0 spiro atoms. The molecule has 2 aliphatic rings. The Bertz CT molecular complexity index is 922. The summed E-state index contributed by atoms with van der Waals surface area (Å²) in [5.41, 5.74) is 4.23. The molecule has 2 atom stereocenters. The summed E-state index contributed by atoms with van der Waals surface area (Å²) in [6.07, 6.45) is 4.76. The zero-order valence-electron chi connectivity index (χ0n) is 14.0. The van der Waals surface area contributed by atoms with Crippen LogP contribution in [-0.4, -0.2) is 33.7 Å². The molecule has 25 heavy (non-hydrogen) atoms. The SMILES string of the molecule is CC=C(C=O)C1CC2c3[nH]c4ccccc4c3CCN2C(=O)C1=CO. The largest absolute Gasteiger partial charge is 0.515 e. The number of aliphatic hydroxyl groups excluding tert-OH is 1. The zero-order chi connectivity index (χ0) is 17.6. The van der Waals surface area contributed by atoms with Gasteiger partial charge in [0.15, 0.2) is 0 Å². The van der Waals surface area contributed by atoms with Crippen molar-refractivity contribution in [3.63, 3.8) is 0 Å². The minimum atomic E-state index is -0.376. The second-order valence-corrected chi connectivity index (χ2v) is 6.61. The molecule has 0 bridgehead atoms. The number of hydrogen-bond acceptors (Lipinski definition) is 3. The van der Waals surface area contributed by atoms with E-state index in [9.17, 15) is 14.7 Å². The van der Waals surface area contributed by atoms with Gasteiger partial charge in [-0.2, -0.15) is 0 Å². The quantitative estimate of drug-likeness (QED) is 0.502. The van der Waals surface area contributed by atoms with Gasteiger partial charge < -0.3 is 15.0 Å². The molecule has 5 heteroatoms. The number of aromatic nitrogens is 1. The van der Waals surface area contributed by atoms with Gasteiger partial charge >= 0.3 is 0 Å². The lowest BCUT2D eigenvalue weighted by Gasteiger charge is -2.43. The summed E-state index contributed by atoms with van der Waals surface area (Å²) < 4.78 is 0. The molecule has 5 nitrogen and oxygen atoms in total. The van der Waals surface area contributed by atoms with Gasteiger partial charge in [-0.1, -0.05) is 24.3 Å². The van der Waals surface area contributed by atoms with Crippen molar-refractivity contribution in [1.29, 1.82) is 0 Å². The molecule has 2 aliphatic heterocycles. The van der Waals surface area contributed by atoms with Crippen LogP contribution in [0, 0.1) is 5.92 Å². The van der Waals surface area contributed by atoms with Gasteiger partial charge in [0.1, 0.15) is 6.29 Å². The molecule has 2 N–H and O–H groups in total. The molecule has 0 saturated carbocycles. The van der Waals surface area contributed by atoms with Crippen LogP contribution in [0.2, 0.25) is 0 Å². The van der Waals surface area contributed by atoms with Gasteiger partial charge in [-0.05, 0) is 37.0 Å². The number of carbonyl (C=O) groups is 2. The van der Waals surface area contributed by atoms with Crippen molar-refractivity contribution in [3.8, 4) is 0 Å². The Morgan fingerprint density at radius 3 is 2.88 bits per heavy atom. The molecule has 2 unspecified atom stereocenters. The van der Waals surface area contributed by atoms with Gasteiger partial charge in [0.2, 0.25) is 0 Å². The highest BCUT2D eigenvalue weighted by atomic mass is 16.2. The van der Waals surface area contributed by atoms with Crippen LogP contribution < -0.4 is 0 Å². The Hall–Kier alpha value is -2.82. The average molecular weight is 336 g/mol. The van der Waals surface area contributed by atoms with Crippen LogP contribution in [0.15, 0.2) is 47.7 Å². The molecule has 0 aliphatic carbocycles. The number of aliphatic hydroxyl groups is 1. The van der Waals surface area contributed by atoms with E-state index in [2.05, 4.69) is 11.1 Å². The summed E-state index contributed by atoms with van der Waals surface area (Å²) >= 11 is 0. The van der Waals surface area contributed by atoms with Gasteiger partial charge in [0.05, 0.1) is 17.9 Å². The summed E-state index contributed by atoms with van der Waals surface area (Å²) in [7, 11) is 0. The maximum Gasteiger partial charge on any atom is 0.254 e. The number of hydrogen-bond donors (Lipinski definition) is 2. The predicted octanol–water partition coefficient (Wildman–Crippen LogP) is 3.20. The number of piperidine rings is 1. The number of carbonyl (C=O) groups excluding carboxylic acids is 2. The van der Waals surface area contributed by atoms with E-state index in [4.69, 9.17) is 0 Å². The fourth-order valence-corrected chi connectivity index (χ4v) is 4.28. The van der Waals surface area contributed by atoms with Crippen molar-refractivity contribution < 1.29 is 14.7 Å². The number of allylic oxidation sites excluding steroid dienone is 2. The van der Waals surface area contributed by atoms with E-state index in [1.165, 1.54) is 10.9 Å². The Labute approximate surface area is 145 Å². The summed E-state index contributed by atoms with van der Waals surface area (Å²) in [5, 5.41) is 10.8. The number of benzene rings is 1. The number of aromatic amines is 1. The van der Waals surface area contributed by atoms with E-state index >= 15 is 0 Å². The van der Waals surface area contributed by atoms with Crippen molar-refractivity contribution in [2.24, 2.45) is 5.92 Å². The number of para-hydroxylation sites is 1. The number of nitrogens with zero attached hydrogens (tertiary/aromatic N) is 1. The minimum Gasteiger partial charge on any atom is -0.515 e. The van der Waals surface area contributed by atoms with Crippen LogP contribution >= 0.6 is 0 Å². The Morgan fingerprint density at radius 2 is 2.16 bits per heavy atom. The molecule has 1 aromatic heterocycles. The third-order valence-corrected chi connectivity index (χ3v) is 5.51. The standard InChI is InChI=1S/C20H20N2O3/c1-2-12(10-23)15-9-18-19-14(13-5-3-4-6-17(13)21-19)7-8-22(18)20(25)16(15)11-24/h2-6,10-11,15,18,21,24H,7-9H2,1H3. The van der Waals surface area contributed by atoms with Crippen LogP contribution in [0.4, 0.5) is 0 Å². The first-order valence-electron chi connectivity index (χ1n) is 8.55. The molecule has 1 fully saturated rings. The van der Waals surface area contributed by atoms with E-state index in [0.717, 1.165) is 30.2 Å². The summed E-state index contributed by atoms with van der Waals surface area (Å²) in [6.45, 7) is 2.40. The van der Waals surface area contributed by atoms with E-state index in [1.54, 1.807) is 13.0 Å². The number of nitrogens with one attached hydrogen (secondary N) is 1. The highest BCUT2D eigenvalue weighted by Crippen LogP contribution is 2.44. The van der Waals surface area contributed by atoms with E-state index < -0.39 is 0 Å². The van der Waals surface area contributed by atoms with E-state index in [-0.39, 0.29) is 17.9 Å². The van der Waals surface area contributed by atoms with Crippen molar-refractivity contribution >= 4 is 23.1 Å². The molecule has 4 rings (SSSR count). The molecular weight excluding hydrogens is 316 g/mol. The lowest BCUT2D eigenvalue weighted by atomic mass is 9.78. The molecule has 1 saturated heterocycles. The predicted molar refractivity (Wildman–Crippen MR) is 95.1 cm³/mol. The third kappa shape index (κ3) is 2.22. The van der Waals surface area contributed by atoms with Crippen molar-refractivity contribution in [3.05, 3.63) is 59.0 Å². The van der Waals surface area contributed by atoms with E-state index in [0.29, 0.717) is 24.1 Å². The van der Waals surface area contributed by atoms with Gasteiger partial charge in [0.25, 0.3) is 5.91 Å². The Morgan fingerprint density at radius 1 is 1.36 bits per heavy atom. The number of rotatable bonds is 2. The number of H-pyrrole nitrogens is 1. The average Bonchev–Trinajstić information content (AvgIpc) is 3.02. The second kappa shape index (κ2) is 5.92. The molecule has 0 radical (unpaired) electrons. The number of amides is 1. The topological polar surface area (TPSA) is 73.4 Å². The third-order valence-electron chi connectivity index (χ3n) is 5.51. The zero-order valence-corrected chi connectivity index (χ0v) is 14.0. The van der Waals surface area contributed by atoms with Crippen LogP contribution in [0.25, 0.3) is 10.9 Å². The van der Waals surface area contributed by atoms with Gasteiger partial charge in [-0.15, -0.1) is 0 Å². The second-order valence-electron chi connectivity index (χ2n) is 6.61. The molecule has 1 aromatic carbocycles. The van der Waals surface area contributed by atoms with Crippen molar-refractivity contribution in [2.45, 2.75) is 25.8 Å². The van der Waals surface area contributed by atoms with Gasteiger partial charge in [-0.3, -0.25) is 9.59 Å². The summed E-state index contributed by atoms with van der Waals surface area (Å²) in [4.78, 5) is 29.6. The monoisotopic (exact) mass is 336 g/mol.